The first kappa shape index (κ1) is 12.0. The molecule has 0 aliphatic heterocycles. The lowest BCUT2D eigenvalue weighted by Crippen LogP contribution is -2.22. The topological polar surface area (TPSA) is 31.4 Å². The summed E-state index contributed by atoms with van der Waals surface area (Å²) in [6.45, 7) is 6.86. The summed E-state index contributed by atoms with van der Waals surface area (Å²) in [4.78, 5) is 4.08. The third kappa shape index (κ3) is 3.88. The number of aromatic nitrogens is 1. The van der Waals surface area contributed by atoms with E-state index in [2.05, 4.69) is 25.8 Å². The minimum Gasteiger partial charge on any atom is -0.495 e. The second-order valence-electron chi connectivity index (χ2n) is 4.13. The Balaban J connectivity index is 2.57. The molecule has 0 saturated carbocycles. The second kappa shape index (κ2) is 5.12. The van der Waals surface area contributed by atoms with E-state index in [1.54, 1.807) is 19.5 Å². The molecule has 1 aromatic heterocycles. The van der Waals surface area contributed by atoms with Gasteiger partial charge >= 0.3 is 0 Å². The highest BCUT2D eigenvalue weighted by Crippen LogP contribution is 2.18. The van der Waals surface area contributed by atoms with Gasteiger partial charge in [0.05, 0.1) is 25.5 Å². The third-order valence-electron chi connectivity index (χ3n) is 2.49. The van der Waals surface area contributed by atoms with Gasteiger partial charge < -0.3 is 9.47 Å². The predicted octanol–water partition coefficient (Wildman–Crippen LogP) is 2.80. The van der Waals surface area contributed by atoms with Gasteiger partial charge in [-0.1, -0.05) is 6.92 Å². The van der Waals surface area contributed by atoms with E-state index in [0.717, 1.165) is 17.7 Å². The molecule has 1 heterocycles. The number of ether oxygens (including phenoxy) is 2. The summed E-state index contributed by atoms with van der Waals surface area (Å²) in [7, 11) is 1.64. The lowest BCUT2D eigenvalue weighted by Gasteiger charge is -2.23. The minimum absolute atomic E-state index is 0.0803. The SMILES string of the molecule is CCC(C)(C)OCc1cncc(OC)c1. The molecule has 0 bridgehead atoms. The quantitative estimate of drug-likeness (QED) is 0.747. The molecule has 0 unspecified atom stereocenters. The Hall–Kier alpha value is -1.09. The van der Waals surface area contributed by atoms with Gasteiger partial charge in [-0.2, -0.15) is 0 Å². The van der Waals surface area contributed by atoms with E-state index in [1.807, 2.05) is 6.07 Å². The molecule has 1 aromatic rings. The van der Waals surface area contributed by atoms with Crippen LogP contribution in [0.2, 0.25) is 0 Å². The summed E-state index contributed by atoms with van der Waals surface area (Å²) in [6, 6.07) is 1.94. The summed E-state index contributed by atoms with van der Waals surface area (Å²) in [5, 5.41) is 0. The van der Waals surface area contributed by atoms with Crippen LogP contribution in [0.3, 0.4) is 0 Å². The van der Waals surface area contributed by atoms with E-state index < -0.39 is 0 Å². The van der Waals surface area contributed by atoms with Crippen LogP contribution in [0.5, 0.6) is 5.75 Å². The Morgan fingerprint density at radius 2 is 2.07 bits per heavy atom. The summed E-state index contributed by atoms with van der Waals surface area (Å²) in [5.41, 5.74) is 0.958. The van der Waals surface area contributed by atoms with Crippen LogP contribution < -0.4 is 4.74 Å². The first-order valence-electron chi connectivity index (χ1n) is 5.19. The van der Waals surface area contributed by atoms with Crippen molar-refractivity contribution in [1.29, 1.82) is 0 Å². The van der Waals surface area contributed by atoms with Crippen molar-refractivity contribution in [1.82, 2.24) is 4.98 Å². The van der Waals surface area contributed by atoms with Crippen molar-refractivity contribution in [3.63, 3.8) is 0 Å². The number of hydrogen-bond donors (Lipinski definition) is 0. The molecule has 0 aliphatic rings. The van der Waals surface area contributed by atoms with Crippen LogP contribution in [0, 0.1) is 0 Å². The number of rotatable bonds is 5. The summed E-state index contributed by atoms with van der Waals surface area (Å²) < 4.78 is 10.9. The van der Waals surface area contributed by atoms with Crippen LogP contribution in [-0.2, 0) is 11.3 Å². The van der Waals surface area contributed by atoms with Gasteiger partial charge in [0.25, 0.3) is 0 Å². The Morgan fingerprint density at radius 3 is 2.67 bits per heavy atom. The molecule has 15 heavy (non-hydrogen) atoms. The monoisotopic (exact) mass is 209 g/mol. The summed E-state index contributed by atoms with van der Waals surface area (Å²) in [6.07, 6.45) is 4.48. The zero-order valence-corrected chi connectivity index (χ0v) is 9.91. The Bertz CT molecular complexity index is 310. The van der Waals surface area contributed by atoms with Gasteiger partial charge in [0, 0.05) is 6.20 Å². The largest absolute Gasteiger partial charge is 0.495 e. The normalized spacial score (nSPS) is 11.5. The first-order valence-corrected chi connectivity index (χ1v) is 5.19. The van der Waals surface area contributed by atoms with Gasteiger partial charge in [-0.25, -0.2) is 0 Å². The number of nitrogens with zero attached hydrogens (tertiary/aromatic N) is 1. The average molecular weight is 209 g/mol. The molecule has 0 radical (unpaired) electrons. The molecule has 1 rings (SSSR count). The van der Waals surface area contributed by atoms with E-state index in [9.17, 15) is 0 Å². The van der Waals surface area contributed by atoms with Gasteiger partial charge in [0.15, 0.2) is 0 Å². The van der Waals surface area contributed by atoms with Gasteiger partial charge in [-0.15, -0.1) is 0 Å². The highest BCUT2D eigenvalue weighted by atomic mass is 16.5. The molecule has 0 fully saturated rings. The molecule has 3 heteroatoms. The number of hydrogen-bond acceptors (Lipinski definition) is 3. The van der Waals surface area contributed by atoms with Gasteiger partial charge in [-0.3, -0.25) is 4.98 Å². The van der Waals surface area contributed by atoms with Crippen molar-refractivity contribution in [2.24, 2.45) is 0 Å². The van der Waals surface area contributed by atoms with Crippen LogP contribution in [0.1, 0.15) is 32.8 Å². The standard InChI is InChI=1S/C12H19NO2/c1-5-12(2,3)15-9-10-6-11(14-4)8-13-7-10/h6-8H,5,9H2,1-4H3. The maximum Gasteiger partial charge on any atom is 0.137 e. The second-order valence-corrected chi connectivity index (χ2v) is 4.13. The first-order chi connectivity index (χ1) is 7.07. The molecular formula is C12H19NO2. The van der Waals surface area contributed by atoms with Crippen molar-refractivity contribution in [2.75, 3.05) is 7.11 Å². The maximum atomic E-state index is 5.77. The van der Waals surface area contributed by atoms with Crippen LogP contribution in [0.25, 0.3) is 0 Å². The Labute approximate surface area is 91.4 Å². The van der Waals surface area contributed by atoms with Crippen LogP contribution in [-0.4, -0.2) is 17.7 Å². The maximum absolute atomic E-state index is 5.77. The van der Waals surface area contributed by atoms with Crippen molar-refractivity contribution < 1.29 is 9.47 Å². The van der Waals surface area contributed by atoms with Gasteiger partial charge in [0.1, 0.15) is 5.75 Å². The van der Waals surface area contributed by atoms with E-state index in [4.69, 9.17) is 9.47 Å². The molecule has 0 atom stereocenters. The third-order valence-corrected chi connectivity index (χ3v) is 2.49. The molecule has 0 aliphatic carbocycles. The fourth-order valence-electron chi connectivity index (χ4n) is 1.04. The van der Waals surface area contributed by atoms with Crippen molar-refractivity contribution >= 4 is 0 Å². The highest BCUT2D eigenvalue weighted by molar-refractivity contribution is 5.22. The fraction of sp³-hybridized carbons (Fsp3) is 0.583. The van der Waals surface area contributed by atoms with E-state index >= 15 is 0 Å². The summed E-state index contributed by atoms with van der Waals surface area (Å²) >= 11 is 0. The van der Waals surface area contributed by atoms with Crippen molar-refractivity contribution in [3.05, 3.63) is 24.0 Å². The van der Waals surface area contributed by atoms with Gasteiger partial charge in [0.2, 0.25) is 0 Å². The lowest BCUT2D eigenvalue weighted by molar-refractivity contribution is -0.0317. The molecule has 0 N–H and O–H groups in total. The zero-order chi connectivity index (χ0) is 11.3. The Kier molecular flexibility index (Phi) is 4.09. The molecule has 0 saturated heterocycles. The summed E-state index contributed by atoms with van der Waals surface area (Å²) in [5.74, 6) is 0.769. The number of methoxy groups -OCH3 is 1. The molecule has 0 amide bonds. The predicted molar refractivity (Wildman–Crippen MR) is 59.9 cm³/mol. The molecule has 0 aromatic carbocycles. The zero-order valence-electron chi connectivity index (χ0n) is 9.91. The minimum atomic E-state index is -0.0803. The van der Waals surface area contributed by atoms with Crippen LogP contribution in [0.4, 0.5) is 0 Å². The van der Waals surface area contributed by atoms with Crippen molar-refractivity contribution in [3.8, 4) is 5.75 Å². The average Bonchev–Trinajstić information content (AvgIpc) is 2.27. The van der Waals surface area contributed by atoms with Crippen LogP contribution >= 0.6 is 0 Å². The van der Waals surface area contributed by atoms with E-state index in [1.165, 1.54) is 0 Å². The number of pyridine rings is 1. The molecule has 0 spiro atoms. The lowest BCUT2D eigenvalue weighted by atomic mass is 10.1. The molecular weight excluding hydrogens is 190 g/mol. The van der Waals surface area contributed by atoms with Crippen LogP contribution in [0.15, 0.2) is 18.5 Å². The molecule has 3 nitrogen and oxygen atoms in total. The fourth-order valence-corrected chi connectivity index (χ4v) is 1.04. The van der Waals surface area contributed by atoms with E-state index in [0.29, 0.717) is 6.61 Å². The van der Waals surface area contributed by atoms with Gasteiger partial charge in [-0.05, 0) is 31.9 Å². The molecule has 84 valence electrons. The van der Waals surface area contributed by atoms with Crippen molar-refractivity contribution in [2.45, 2.75) is 39.4 Å². The smallest absolute Gasteiger partial charge is 0.137 e. The highest BCUT2D eigenvalue weighted by Gasteiger charge is 2.15. The Morgan fingerprint density at radius 1 is 1.33 bits per heavy atom. The van der Waals surface area contributed by atoms with E-state index in [-0.39, 0.29) is 5.60 Å².